The number of anilines is 1. The van der Waals surface area contributed by atoms with Crippen LogP contribution in [0.15, 0.2) is 46.9 Å². The molecule has 0 fully saturated rings. The van der Waals surface area contributed by atoms with E-state index in [1.165, 1.54) is 24.3 Å². The summed E-state index contributed by atoms with van der Waals surface area (Å²) in [6, 6.07) is 10.7. The molecule has 1 nitrogen and oxygen atoms in total. The molecule has 0 amide bonds. The van der Waals surface area contributed by atoms with Crippen molar-refractivity contribution >= 4 is 21.6 Å². The lowest BCUT2D eigenvalue weighted by molar-refractivity contribution is 0.0421. The van der Waals surface area contributed by atoms with Gasteiger partial charge in [-0.25, -0.2) is 0 Å². The van der Waals surface area contributed by atoms with E-state index < -0.39 is 5.92 Å². The third-order valence-electron chi connectivity index (χ3n) is 2.79. The lowest BCUT2D eigenvalue weighted by Gasteiger charge is -2.20. The number of hydrogen-bond acceptors (Lipinski definition) is 1. The first-order valence-corrected chi connectivity index (χ1v) is 6.21. The molecule has 4 heteroatoms. The van der Waals surface area contributed by atoms with E-state index in [1.807, 2.05) is 0 Å². The van der Waals surface area contributed by atoms with Gasteiger partial charge in [-0.1, -0.05) is 34.1 Å². The molecule has 2 rings (SSSR count). The quantitative estimate of drug-likeness (QED) is 0.813. The number of nitrogen functional groups attached to an aromatic ring is 1. The van der Waals surface area contributed by atoms with Gasteiger partial charge in [0.25, 0.3) is 5.92 Å². The molecule has 0 spiro atoms. The number of rotatable bonds is 2. The van der Waals surface area contributed by atoms with Gasteiger partial charge in [-0.3, -0.25) is 0 Å². The Balaban J connectivity index is 2.57. The highest BCUT2D eigenvalue weighted by Gasteiger charge is 2.35. The highest BCUT2D eigenvalue weighted by molar-refractivity contribution is 9.10. The zero-order valence-corrected chi connectivity index (χ0v) is 11.3. The normalized spacial score (nSPS) is 11.6. The van der Waals surface area contributed by atoms with Crippen LogP contribution in [-0.2, 0) is 5.92 Å². The Bertz CT molecular complexity index is 582. The van der Waals surface area contributed by atoms with Crippen LogP contribution in [0.4, 0.5) is 14.5 Å². The van der Waals surface area contributed by atoms with E-state index in [0.29, 0.717) is 15.7 Å². The van der Waals surface area contributed by atoms with Crippen molar-refractivity contribution in [2.75, 3.05) is 5.73 Å². The van der Waals surface area contributed by atoms with Gasteiger partial charge >= 0.3 is 0 Å². The van der Waals surface area contributed by atoms with Crippen molar-refractivity contribution in [1.82, 2.24) is 0 Å². The van der Waals surface area contributed by atoms with Crippen LogP contribution in [0.3, 0.4) is 0 Å². The maximum absolute atomic E-state index is 14.4. The van der Waals surface area contributed by atoms with Crippen molar-refractivity contribution in [2.45, 2.75) is 12.8 Å². The van der Waals surface area contributed by atoms with Gasteiger partial charge in [-0.05, 0) is 36.8 Å². The fraction of sp³-hybridized carbons (Fsp3) is 0.143. The second-order valence-electron chi connectivity index (χ2n) is 4.16. The Labute approximate surface area is 113 Å². The molecule has 0 aliphatic heterocycles. The van der Waals surface area contributed by atoms with Gasteiger partial charge in [0.15, 0.2) is 0 Å². The highest BCUT2D eigenvalue weighted by Crippen LogP contribution is 2.38. The largest absolute Gasteiger partial charge is 0.399 e. The maximum Gasteiger partial charge on any atom is 0.298 e. The minimum Gasteiger partial charge on any atom is -0.399 e. The van der Waals surface area contributed by atoms with Gasteiger partial charge < -0.3 is 5.73 Å². The molecule has 0 atom stereocenters. The van der Waals surface area contributed by atoms with E-state index in [4.69, 9.17) is 5.73 Å². The third kappa shape index (κ3) is 2.38. The number of nitrogens with two attached hydrogens (primary N) is 1. The molecular formula is C14H12BrF2N. The summed E-state index contributed by atoms with van der Waals surface area (Å²) in [5.74, 6) is -3.05. The number of aryl methyl sites for hydroxylation is 1. The van der Waals surface area contributed by atoms with Gasteiger partial charge in [-0.15, -0.1) is 0 Å². The average molecular weight is 312 g/mol. The van der Waals surface area contributed by atoms with Crippen molar-refractivity contribution in [2.24, 2.45) is 0 Å². The Hall–Kier alpha value is -1.42. The zero-order valence-electron chi connectivity index (χ0n) is 9.75. The second kappa shape index (κ2) is 4.69. The fourth-order valence-electron chi connectivity index (χ4n) is 1.82. The van der Waals surface area contributed by atoms with Crippen LogP contribution < -0.4 is 5.73 Å². The van der Waals surface area contributed by atoms with Crippen molar-refractivity contribution in [1.29, 1.82) is 0 Å². The number of benzene rings is 2. The Morgan fingerprint density at radius 2 is 1.83 bits per heavy atom. The molecule has 0 bridgehead atoms. The first-order valence-electron chi connectivity index (χ1n) is 5.42. The Morgan fingerprint density at radius 1 is 1.11 bits per heavy atom. The van der Waals surface area contributed by atoms with Gasteiger partial charge in [-0.2, -0.15) is 8.78 Å². The smallest absolute Gasteiger partial charge is 0.298 e. The van der Waals surface area contributed by atoms with Gasteiger partial charge in [0.1, 0.15) is 0 Å². The van der Waals surface area contributed by atoms with Gasteiger partial charge in [0.05, 0.1) is 0 Å². The second-order valence-corrected chi connectivity index (χ2v) is 5.07. The highest BCUT2D eigenvalue weighted by atomic mass is 79.9. The molecule has 2 aromatic rings. The van der Waals surface area contributed by atoms with Crippen LogP contribution >= 0.6 is 15.9 Å². The Morgan fingerprint density at radius 3 is 2.50 bits per heavy atom. The molecule has 0 unspecified atom stereocenters. The number of halogens is 3. The predicted octanol–water partition coefficient (Wildman–Crippen LogP) is 4.48. The molecule has 0 aliphatic carbocycles. The molecule has 2 N–H and O–H groups in total. The van der Waals surface area contributed by atoms with Crippen molar-refractivity contribution < 1.29 is 8.78 Å². The topological polar surface area (TPSA) is 26.0 Å². The molecule has 18 heavy (non-hydrogen) atoms. The van der Waals surface area contributed by atoms with E-state index >= 15 is 0 Å². The lowest BCUT2D eigenvalue weighted by atomic mass is 9.96. The Kier molecular flexibility index (Phi) is 3.39. The predicted molar refractivity (Wildman–Crippen MR) is 72.7 cm³/mol. The summed E-state index contributed by atoms with van der Waals surface area (Å²) in [7, 11) is 0. The van der Waals surface area contributed by atoms with Crippen LogP contribution in [0.1, 0.15) is 16.7 Å². The minimum absolute atomic E-state index is 0.0116. The summed E-state index contributed by atoms with van der Waals surface area (Å²) in [5.41, 5.74) is 6.33. The molecular weight excluding hydrogens is 300 g/mol. The summed E-state index contributed by atoms with van der Waals surface area (Å²) >= 11 is 3.22. The fourth-order valence-corrected chi connectivity index (χ4v) is 2.18. The van der Waals surface area contributed by atoms with E-state index in [2.05, 4.69) is 15.9 Å². The molecule has 2 aromatic carbocycles. The molecule has 0 saturated carbocycles. The van der Waals surface area contributed by atoms with Crippen LogP contribution in [0, 0.1) is 6.92 Å². The van der Waals surface area contributed by atoms with Crippen LogP contribution in [0.25, 0.3) is 0 Å². The zero-order chi connectivity index (χ0) is 13.3. The summed E-state index contributed by atoms with van der Waals surface area (Å²) in [6.07, 6.45) is 0. The van der Waals surface area contributed by atoms with E-state index in [1.54, 1.807) is 25.1 Å². The van der Waals surface area contributed by atoms with Crippen molar-refractivity contribution in [3.63, 3.8) is 0 Å². The van der Waals surface area contributed by atoms with E-state index in [0.717, 1.165) is 0 Å². The average Bonchev–Trinajstić information content (AvgIpc) is 2.32. The van der Waals surface area contributed by atoms with Crippen LogP contribution in [0.2, 0.25) is 0 Å². The molecule has 0 aromatic heterocycles. The molecule has 94 valence electrons. The van der Waals surface area contributed by atoms with Crippen LogP contribution in [-0.4, -0.2) is 0 Å². The van der Waals surface area contributed by atoms with E-state index in [9.17, 15) is 8.78 Å². The summed E-state index contributed by atoms with van der Waals surface area (Å²) in [6.45, 7) is 1.67. The van der Waals surface area contributed by atoms with Crippen LogP contribution in [0.5, 0.6) is 0 Å². The number of hydrogen-bond donors (Lipinski definition) is 1. The SMILES string of the molecule is Cc1ccc(Br)cc1C(F)(F)c1cccc(N)c1. The molecule has 0 saturated heterocycles. The lowest BCUT2D eigenvalue weighted by Crippen LogP contribution is -2.17. The monoisotopic (exact) mass is 311 g/mol. The standard InChI is InChI=1S/C14H12BrF2N/c1-9-5-6-11(15)8-13(9)14(16,17)10-3-2-4-12(18)7-10/h2-8H,18H2,1H3. The van der Waals surface area contributed by atoms with Crippen molar-refractivity contribution in [3.8, 4) is 0 Å². The first kappa shape index (κ1) is 13.0. The molecule has 0 aliphatic rings. The summed E-state index contributed by atoms with van der Waals surface area (Å²) < 4.78 is 29.5. The third-order valence-corrected chi connectivity index (χ3v) is 3.28. The first-order chi connectivity index (χ1) is 8.41. The molecule has 0 radical (unpaired) electrons. The number of alkyl halides is 2. The minimum atomic E-state index is -3.05. The van der Waals surface area contributed by atoms with Crippen molar-refractivity contribution in [3.05, 3.63) is 63.6 Å². The van der Waals surface area contributed by atoms with Gasteiger partial charge in [0, 0.05) is 21.3 Å². The summed E-state index contributed by atoms with van der Waals surface area (Å²) in [5, 5.41) is 0. The maximum atomic E-state index is 14.4. The summed E-state index contributed by atoms with van der Waals surface area (Å²) in [4.78, 5) is 0. The van der Waals surface area contributed by atoms with Gasteiger partial charge in [0.2, 0.25) is 0 Å². The molecule has 0 heterocycles. The van der Waals surface area contributed by atoms with E-state index in [-0.39, 0.29) is 11.1 Å².